The number of ether oxygens (including phenoxy) is 1. The molecule has 0 aromatic carbocycles. The molecule has 1 fully saturated rings. The van der Waals surface area contributed by atoms with E-state index in [1.807, 2.05) is 20.8 Å². The van der Waals surface area contributed by atoms with Crippen molar-refractivity contribution in [3.8, 4) is 6.07 Å². The molecule has 1 saturated heterocycles. The van der Waals surface area contributed by atoms with Gasteiger partial charge in [-0.15, -0.1) is 0 Å². The lowest BCUT2D eigenvalue weighted by Crippen LogP contribution is -2.37. The number of hydrogen-bond acceptors (Lipinski definition) is 3. The van der Waals surface area contributed by atoms with E-state index in [0.29, 0.717) is 13.1 Å². The SMILES string of the molecule is CC(C)(C)OC(=O)N1CCC[C@H](C#N)CC1. The van der Waals surface area contributed by atoms with Crippen LogP contribution >= 0.6 is 0 Å². The van der Waals surface area contributed by atoms with Gasteiger partial charge in [-0.05, 0) is 40.0 Å². The average Bonchev–Trinajstić information content (AvgIpc) is 2.39. The summed E-state index contributed by atoms with van der Waals surface area (Å²) in [6.45, 7) is 6.92. The largest absolute Gasteiger partial charge is 0.444 e. The third-order valence-corrected chi connectivity index (χ3v) is 2.56. The van der Waals surface area contributed by atoms with Crippen molar-refractivity contribution in [2.75, 3.05) is 13.1 Å². The molecule has 0 aromatic rings. The van der Waals surface area contributed by atoms with Gasteiger partial charge in [0.15, 0.2) is 0 Å². The van der Waals surface area contributed by atoms with Crippen molar-refractivity contribution in [2.45, 2.75) is 45.6 Å². The number of likely N-dealkylation sites (tertiary alicyclic amines) is 1. The molecule has 16 heavy (non-hydrogen) atoms. The highest BCUT2D eigenvalue weighted by atomic mass is 16.6. The third kappa shape index (κ3) is 4.09. The molecule has 0 aliphatic carbocycles. The van der Waals surface area contributed by atoms with E-state index in [4.69, 9.17) is 10.00 Å². The van der Waals surface area contributed by atoms with E-state index in [2.05, 4.69) is 6.07 Å². The van der Waals surface area contributed by atoms with Gasteiger partial charge < -0.3 is 9.64 Å². The maximum Gasteiger partial charge on any atom is 0.410 e. The molecule has 1 atom stereocenters. The van der Waals surface area contributed by atoms with Crippen LogP contribution < -0.4 is 0 Å². The van der Waals surface area contributed by atoms with Gasteiger partial charge in [0, 0.05) is 19.0 Å². The monoisotopic (exact) mass is 224 g/mol. The number of amides is 1. The molecule has 0 spiro atoms. The summed E-state index contributed by atoms with van der Waals surface area (Å²) < 4.78 is 5.31. The first-order chi connectivity index (χ1) is 7.42. The minimum absolute atomic E-state index is 0.0902. The Hall–Kier alpha value is -1.24. The number of nitriles is 1. The molecule has 1 aliphatic heterocycles. The fourth-order valence-electron chi connectivity index (χ4n) is 1.73. The number of carbonyl (C=O) groups excluding carboxylic acids is 1. The summed E-state index contributed by atoms with van der Waals surface area (Å²) in [5.74, 6) is 0.0902. The van der Waals surface area contributed by atoms with Crippen LogP contribution in [0.15, 0.2) is 0 Å². The predicted molar refractivity (Wildman–Crippen MR) is 60.8 cm³/mol. The average molecular weight is 224 g/mol. The molecule has 0 N–H and O–H groups in total. The second-order valence-corrected chi connectivity index (χ2v) is 5.22. The van der Waals surface area contributed by atoms with Gasteiger partial charge in [-0.25, -0.2) is 4.79 Å². The molecule has 4 heteroatoms. The molecule has 0 aromatic heterocycles. The van der Waals surface area contributed by atoms with Gasteiger partial charge in [-0.1, -0.05) is 0 Å². The Morgan fingerprint density at radius 3 is 2.62 bits per heavy atom. The van der Waals surface area contributed by atoms with Gasteiger partial charge >= 0.3 is 6.09 Å². The fourth-order valence-corrected chi connectivity index (χ4v) is 1.73. The van der Waals surface area contributed by atoms with E-state index >= 15 is 0 Å². The van der Waals surface area contributed by atoms with Crippen LogP contribution in [-0.4, -0.2) is 29.7 Å². The molecule has 0 radical (unpaired) electrons. The maximum atomic E-state index is 11.8. The lowest BCUT2D eigenvalue weighted by atomic mass is 10.0. The molecule has 1 rings (SSSR count). The molecule has 1 amide bonds. The van der Waals surface area contributed by atoms with Crippen molar-refractivity contribution in [3.63, 3.8) is 0 Å². The highest BCUT2D eigenvalue weighted by Crippen LogP contribution is 2.18. The van der Waals surface area contributed by atoms with E-state index in [-0.39, 0.29) is 12.0 Å². The normalized spacial score (nSPS) is 22.1. The van der Waals surface area contributed by atoms with Crippen molar-refractivity contribution >= 4 is 6.09 Å². The van der Waals surface area contributed by atoms with Gasteiger partial charge in [-0.3, -0.25) is 0 Å². The molecule has 0 saturated carbocycles. The van der Waals surface area contributed by atoms with E-state index in [1.165, 1.54) is 0 Å². The van der Waals surface area contributed by atoms with E-state index in [1.54, 1.807) is 4.90 Å². The molecule has 0 unspecified atom stereocenters. The van der Waals surface area contributed by atoms with Crippen LogP contribution in [0.25, 0.3) is 0 Å². The first kappa shape index (κ1) is 12.8. The second kappa shape index (κ2) is 5.20. The van der Waals surface area contributed by atoms with Crippen LogP contribution in [0.5, 0.6) is 0 Å². The predicted octanol–water partition coefficient (Wildman–Crippen LogP) is 2.55. The first-order valence-electron chi connectivity index (χ1n) is 5.80. The van der Waals surface area contributed by atoms with Crippen LogP contribution in [0, 0.1) is 17.2 Å². The van der Waals surface area contributed by atoms with Gasteiger partial charge in [0.2, 0.25) is 0 Å². The van der Waals surface area contributed by atoms with Crippen molar-refractivity contribution in [3.05, 3.63) is 0 Å². The van der Waals surface area contributed by atoms with Crippen molar-refractivity contribution in [1.29, 1.82) is 5.26 Å². The van der Waals surface area contributed by atoms with Crippen LogP contribution in [-0.2, 0) is 4.74 Å². The Morgan fingerprint density at radius 2 is 2.06 bits per heavy atom. The summed E-state index contributed by atoms with van der Waals surface area (Å²) in [6, 6.07) is 2.27. The minimum atomic E-state index is -0.446. The van der Waals surface area contributed by atoms with Crippen LogP contribution in [0.1, 0.15) is 40.0 Å². The Bertz CT molecular complexity index is 288. The van der Waals surface area contributed by atoms with E-state index < -0.39 is 5.60 Å². The minimum Gasteiger partial charge on any atom is -0.444 e. The van der Waals surface area contributed by atoms with Gasteiger partial charge in [-0.2, -0.15) is 5.26 Å². The number of rotatable bonds is 0. The number of hydrogen-bond donors (Lipinski definition) is 0. The summed E-state index contributed by atoms with van der Waals surface area (Å²) in [5.41, 5.74) is -0.446. The van der Waals surface area contributed by atoms with Crippen molar-refractivity contribution < 1.29 is 9.53 Å². The smallest absolute Gasteiger partial charge is 0.410 e. The summed E-state index contributed by atoms with van der Waals surface area (Å²) in [7, 11) is 0. The van der Waals surface area contributed by atoms with Crippen LogP contribution in [0.3, 0.4) is 0 Å². The van der Waals surface area contributed by atoms with Gasteiger partial charge in [0.25, 0.3) is 0 Å². The molecule has 1 aliphatic rings. The first-order valence-corrected chi connectivity index (χ1v) is 5.80. The maximum absolute atomic E-state index is 11.8. The summed E-state index contributed by atoms with van der Waals surface area (Å²) in [5, 5.41) is 8.84. The van der Waals surface area contributed by atoms with Crippen LogP contribution in [0.2, 0.25) is 0 Å². The molecule has 1 heterocycles. The summed E-state index contributed by atoms with van der Waals surface area (Å²) in [6.07, 6.45) is 2.27. The van der Waals surface area contributed by atoms with Crippen molar-refractivity contribution in [1.82, 2.24) is 4.90 Å². The zero-order valence-electron chi connectivity index (χ0n) is 10.3. The van der Waals surface area contributed by atoms with E-state index in [9.17, 15) is 4.79 Å². The second-order valence-electron chi connectivity index (χ2n) is 5.22. The fraction of sp³-hybridized carbons (Fsp3) is 0.833. The summed E-state index contributed by atoms with van der Waals surface area (Å²) >= 11 is 0. The standard InChI is InChI=1S/C12H20N2O2/c1-12(2,3)16-11(15)14-7-4-5-10(9-13)6-8-14/h10H,4-8H2,1-3H3/t10-/m0/s1. The topological polar surface area (TPSA) is 53.3 Å². The molecular formula is C12H20N2O2. The molecule has 4 nitrogen and oxygen atoms in total. The highest BCUT2D eigenvalue weighted by Gasteiger charge is 2.24. The quantitative estimate of drug-likeness (QED) is 0.635. The van der Waals surface area contributed by atoms with Crippen molar-refractivity contribution in [2.24, 2.45) is 5.92 Å². The Morgan fingerprint density at radius 1 is 1.38 bits per heavy atom. The zero-order chi connectivity index (χ0) is 12.2. The molecule has 90 valence electrons. The Balaban J connectivity index is 2.49. The Kier molecular flexibility index (Phi) is 4.17. The number of nitrogens with zero attached hydrogens (tertiary/aromatic N) is 2. The number of carbonyl (C=O) groups is 1. The van der Waals surface area contributed by atoms with Gasteiger partial charge in [0.1, 0.15) is 5.60 Å². The zero-order valence-corrected chi connectivity index (χ0v) is 10.3. The molecule has 0 bridgehead atoms. The summed E-state index contributed by atoms with van der Waals surface area (Å²) in [4.78, 5) is 13.5. The Labute approximate surface area is 97.2 Å². The molecular weight excluding hydrogens is 204 g/mol. The lowest BCUT2D eigenvalue weighted by Gasteiger charge is -2.26. The third-order valence-electron chi connectivity index (χ3n) is 2.56. The van der Waals surface area contributed by atoms with E-state index in [0.717, 1.165) is 19.3 Å². The van der Waals surface area contributed by atoms with Crippen LogP contribution in [0.4, 0.5) is 4.79 Å². The highest BCUT2D eigenvalue weighted by molar-refractivity contribution is 5.68. The van der Waals surface area contributed by atoms with Gasteiger partial charge in [0.05, 0.1) is 6.07 Å². The lowest BCUT2D eigenvalue weighted by molar-refractivity contribution is 0.0256.